The average molecular weight is 422 g/mol. The van der Waals surface area contributed by atoms with Gasteiger partial charge in [-0.05, 0) is 77.0 Å². The van der Waals surface area contributed by atoms with Crippen LogP contribution in [0.2, 0.25) is 0 Å². The Hall–Kier alpha value is -1.83. The van der Waals surface area contributed by atoms with Crippen molar-refractivity contribution in [1.29, 1.82) is 0 Å². The van der Waals surface area contributed by atoms with Gasteiger partial charge in [-0.3, -0.25) is 9.59 Å². The molecule has 5 aliphatic rings. The fourth-order valence-electron chi connectivity index (χ4n) is 6.36. The van der Waals surface area contributed by atoms with Crippen LogP contribution < -0.4 is 11.1 Å². The Morgan fingerprint density at radius 1 is 1.13 bits per heavy atom. The van der Waals surface area contributed by atoms with Crippen LogP contribution >= 0.6 is 0 Å². The number of hydrogen-bond acceptors (Lipinski definition) is 6. The molecular formula is C22H35N3O5. The van der Waals surface area contributed by atoms with E-state index in [2.05, 4.69) is 5.32 Å². The Kier molecular flexibility index (Phi) is 5.49. The van der Waals surface area contributed by atoms with Gasteiger partial charge in [-0.2, -0.15) is 0 Å². The molecule has 5 fully saturated rings. The number of nitrogens with one attached hydrogen (secondary N) is 1. The van der Waals surface area contributed by atoms with E-state index < -0.39 is 5.60 Å². The van der Waals surface area contributed by atoms with Crippen molar-refractivity contribution in [3.63, 3.8) is 0 Å². The lowest BCUT2D eigenvalue weighted by Gasteiger charge is -2.58. The van der Waals surface area contributed by atoms with E-state index in [1.165, 1.54) is 0 Å². The SMILES string of the molecule is CC(C)(C)OC(=O)CNC1CCN(C(=O)OC2[C@@H]3CC4C[C@@H]2CC(C(N)=O)(C4)C3)C1. The van der Waals surface area contributed by atoms with Crippen LogP contribution in [0.3, 0.4) is 0 Å². The minimum Gasteiger partial charge on any atom is -0.459 e. The van der Waals surface area contributed by atoms with Crippen LogP contribution in [0.5, 0.6) is 0 Å². The summed E-state index contributed by atoms with van der Waals surface area (Å²) in [7, 11) is 0. The van der Waals surface area contributed by atoms with Crippen LogP contribution in [0, 0.1) is 23.2 Å². The standard InChI is InChI=1S/C22H35N3O5/c1-21(2,3)30-17(26)11-24-16-4-5-25(12-16)20(28)29-18-14-6-13-7-15(18)10-22(8-13,9-14)19(23)27/h13-16,18,24H,4-12H2,1-3H3,(H2,23,27)/t13?,14-,15-,16?,18?,22?/m1/s1. The number of carbonyl (C=O) groups is 3. The van der Waals surface area contributed by atoms with E-state index in [1.807, 2.05) is 20.8 Å². The molecule has 1 aliphatic heterocycles. The van der Waals surface area contributed by atoms with Gasteiger partial charge in [0.15, 0.2) is 0 Å². The summed E-state index contributed by atoms with van der Waals surface area (Å²) in [6.07, 6.45) is 4.89. The number of esters is 1. The summed E-state index contributed by atoms with van der Waals surface area (Å²) in [6, 6.07) is 0.0571. The Morgan fingerprint density at radius 3 is 2.40 bits per heavy atom. The number of nitrogens with zero attached hydrogens (tertiary/aromatic N) is 1. The lowest BCUT2D eigenvalue weighted by atomic mass is 9.48. The van der Waals surface area contributed by atoms with Gasteiger partial charge in [0.25, 0.3) is 0 Å². The van der Waals surface area contributed by atoms with E-state index in [9.17, 15) is 14.4 Å². The molecule has 0 radical (unpaired) electrons. The lowest BCUT2D eigenvalue weighted by Crippen LogP contribution is -2.59. The first-order valence-corrected chi connectivity index (χ1v) is 11.3. The van der Waals surface area contributed by atoms with E-state index in [4.69, 9.17) is 15.2 Å². The Bertz CT molecular complexity index is 702. The molecular weight excluding hydrogens is 386 g/mol. The van der Waals surface area contributed by atoms with Gasteiger partial charge < -0.3 is 25.4 Å². The maximum Gasteiger partial charge on any atom is 0.410 e. The second-order valence-corrected chi connectivity index (χ2v) is 10.9. The van der Waals surface area contributed by atoms with Crippen LogP contribution in [0.15, 0.2) is 0 Å². The predicted octanol–water partition coefficient (Wildman–Crippen LogP) is 1.81. The third-order valence-corrected chi connectivity index (χ3v) is 7.35. The summed E-state index contributed by atoms with van der Waals surface area (Å²) in [5, 5.41) is 3.19. The third-order valence-electron chi connectivity index (χ3n) is 7.35. The summed E-state index contributed by atoms with van der Waals surface area (Å²) >= 11 is 0. The van der Waals surface area contributed by atoms with Gasteiger partial charge in [0.05, 0.1) is 12.0 Å². The molecule has 0 aromatic rings. The molecule has 168 valence electrons. The van der Waals surface area contributed by atoms with E-state index in [0.29, 0.717) is 19.0 Å². The van der Waals surface area contributed by atoms with Crippen molar-refractivity contribution in [3.8, 4) is 0 Å². The van der Waals surface area contributed by atoms with E-state index in [1.54, 1.807) is 4.90 Å². The summed E-state index contributed by atoms with van der Waals surface area (Å²) in [4.78, 5) is 38.5. The van der Waals surface area contributed by atoms with Crippen molar-refractivity contribution in [2.45, 2.75) is 77.0 Å². The highest BCUT2D eigenvalue weighted by Crippen LogP contribution is 2.60. The van der Waals surface area contributed by atoms with Crippen molar-refractivity contribution in [2.75, 3.05) is 19.6 Å². The molecule has 4 bridgehead atoms. The Labute approximate surface area is 178 Å². The van der Waals surface area contributed by atoms with Gasteiger partial charge in [-0.25, -0.2) is 4.79 Å². The number of amides is 2. The van der Waals surface area contributed by atoms with Gasteiger partial charge in [0.2, 0.25) is 5.91 Å². The number of hydrogen-bond donors (Lipinski definition) is 2. The number of likely N-dealkylation sites (tertiary alicyclic amines) is 1. The second kappa shape index (κ2) is 7.70. The molecule has 1 unspecified atom stereocenters. The van der Waals surface area contributed by atoms with Gasteiger partial charge in [0.1, 0.15) is 11.7 Å². The van der Waals surface area contributed by atoms with Crippen molar-refractivity contribution in [2.24, 2.45) is 28.9 Å². The maximum absolute atomic E-state index is 12.8. The molecule has 4 aliphatic carbocycles. The van der Waals surface area contributed by atoms with Crippen LogP contribution in [-0.2, 0) is 19.1 Å². The minimum atomic E-state index is -0.504. The molecule has 0 aromatic heterocycles. The number of ether oxygens (including phenoxy) is 2. The fourth-order valence-corrected chi connectivity index (χ4v) is 6.36. The monoisotopic (exact) mass is 421 g/mol. The molecule has 4 saturated carbocycles. The number of nitrogens with two attached hydrogens (primary N) is 1. The fraction of sp³-hybridized carbons (Fsp3) is 0.864. The van der Waals surface area contributed by atoms with Crippen molar-refractivity contribution < 1.29 is 23.9 Å². The zero-order chi connectivity index (χ0) is 21.7. The molecule has 0 aromatic carbocycles. The zero-order valence-electron chi connectivity index (χ0n) is 18.3. The first kappa shape index (κ1) is 21.4. The average Bonchev–Trinajstić information content (AvgIpc) is 3.10. The van der Waals surface area contributed by atoms with E-state index >= 15 is 0 Å². The van der Waals surface area contributed by atoms with E-state index in [-0.39, 0.29) is 53.9 Å². The molecule has 3 atom stereocenters. The minimum absolute atomic E-state index is 0.0571. The van der Waals surface area contributed by atoms with Crippen molar-refractivity contribution in [1.82, 2.24) is 10.2 Å². The summed E-state index contributed by atoms with van der Waals surface area (Å²) in [5.41, 5.74) is 4.87. The molecule has 0 spiro atoms. The lowest BCUT2D eigenvalue weighted by molar-refractivity contribution is -0.161. The third kappa shape index (κ3) is 4.29. The van der Waals surface area contributed by atoms with Crippen molar-refractivity contribution in [3.05, 3.63) is 0 Å². The van der Waals surface area contributed by atoms with Crippen LogP contribution in [0.25, 0.3) is 0 Å². The van der Waals surface area contributed by atoms with Gasteiger partial charge in [-0.15, -0.1) is 0 Å². The smallest absolute Gasteiger partial charge is 0.410 e. The Morgan fingerprint density at radius 2 is 1.80 bits per heavy atom. The first-order chi connectivity index (χ1) is 14.0. The normalized spacial score (nSPS) is 37.3. The molecule has 2 amide bonds. The number of rotatable bonds is 5. The van der Waals surface area contributed by atoms with Gasteiger partial charge in [-0.1, -0.05) is 0 Å². The van der Waals surface area contributed by atoms with Crippen LogP contribution in [-0.4, -0.2) is 60.3 Å². The zero-order valence-corrected chi connectivity index (χ0v) is 18.3. The largest absolute Gasteiger partial charge is 0.459 e. The first-order valence-electron chi connectivity index (χ1n) is 11.3. The summed E-state index contributed by atoms with van der Waals surface area (Å²) in [5.74, 6) is 0.566. The maximum atomic E-state index is 12.8. The van der Waals surface area contributed by atoms with Gasteiger partial charge >= 0.3 is 12.1 Å². The summed E-state index contributed by atoms with van der Waals surface area (Å²) in [6.45, 7) is 6.79. The quantitative estimate of drug-likeness (QED) is 0.655. The van der Waals surface area contributed by atoms with Crippen LogP contribution in [0.1, 0.15) is 59.3 Å². The Balaban J connectivity index is 1.27. The topological polar surface area (TPSA) is 111 Å². The predicted molar refractivity (Wildman–Crippen MR) is 109 cm³/mol. The van der Waals surface area contributed by atoms with Gasteiger partial charge in [0, 0.05) is 19.1 Å². The number of carbonyl (C=O) groups excluding carboxylic acids is 3. The molecule has 8 heteroatoms. The van der Waals surface area contributed by atoms with E-state index in [0.717, 1.165) is 38.5 Å². The highest BCUT2D eigenvalue weighted by molar-refractivity contribution is 5.81. The second-order valence-electron chi connectivity index (χ2n) is 10.9. The molecule has 1 heterocycles. The molecule has 30 heavy (non-hydrogen) atoms. The summed E-state index contributed by atoms with van der Waals surface area (Å²) < 4.78 is 11.3. The molecule has 3 N–H and O–H groups in total. The van der Waals surface area contributed by atoms with Crippen molar-refractivity contribution >= 4 is 18.0 Å². The molecule has 5 rings (SSSR count). The molecule has 8 nitrogen and oxygen atoms in total. The van der Waals surface area contributed by atoms with Crippen LogP contribution in [0.4, 0.5) is 4.79 Å². The number of primary amides is 1. The molecule has 1 saturated heterocycles. The highest BCUT2D eigenvalue weighted by Gasteiger charge is 2.59. The highest BCUT2D eigenvalue weighted by atomic mass is 16.6.